The molecular weight excluding hydrogens is 479 g/mol. The van der Waals surface area contributed by atoms with Crippen LogP contribution in [0.2, 0.25) is 0 Å². The number of guanidine groups is 1. The summed E-state index contributed by atoms with van der Waals surface area (Å²) in [5.41, 5.74) is 2.62. The Kier molecular flexibility index (Phi) is 12.4. The summed E-state index contributed by atoms with van der Waals surface area (Å²) in [5, 5.41) is 3.54. The van der Waals surface area contributed by atoms with Crippen molar-refractivity contribution in [2.24, 2.45) is 4.99 Å². The number of ether oxygens (including phenoxy) is 2. The molecule has 0 atom stereocenters. The zero-order valence-electron chi connectivity index (χ0n) is 18.8. The lowest BCUT2D eigenvalue weighted by atomic mass is 9.99. The Morgan fingerprint density at radius 2 is 1.66 bits per heavy atom. The van der Waals surface area contributed by atoms with Crippen LogP contribution in [0.5, 0.6) is 11.5 Å². The van der Waals surface area contributed by atoms with Gasteiger partial charge in [0.15, 0.2) is 17.5 Å². The molecule has 0 spiro atoms. The number of methoxy groups -OCH3 is 2. The highest BCUT2D eigenvalue weighted by Gasteiger charge is 2.21. The highest BCUT2D eigenvalue weighted by atomic mass is 127. The molecule has 0 amide bonds. The summed E-state index contributed by atoms with van der Waals surface area (Å²) in [6.45, 7) is 3.99. The van der Waals surface area contributed by atoms with E-state index >= 15 is 0 Å². The van der Waals surface area contributed by atoms with E-state index in [4.69, 9.17) is 9.47 Å². The Morgan fingerprint density at radius 1 is 1.03 bits per heavy atom. The molecule has 1 N–H and O–H groups in total. The van der Waals surface area contributed by atoms with Gasteiger partial charge in [0.25, 0.3) is 0 Å². The molecule has 166 valence electrons. The Morgan fingerprint density at radius 3 is 2.28 bits per heavy atom. The largest absolute Gasteiger partial charge is 0.493 e. The van der Waals surface area contributed by atoms with Gasteiger partial charge < -0.3 is 24.6 Å². The van der Waals surface area contributed by atoms with Gasteiger partial charge in [-0.2, -0.15) is 0 Å². The predicted octanol–water partition coefficient (Wildman–Crippen LogP) is 3.77. The van der Waals surface area contributed by atoms with Gasteiger partial charge in [0.2, 0.25) is 0 Å². The third kappa shape index (κ3) is 8.20. The van der Waals surface area contributed by atoms with E-state index in [-0.39, 0.29) is 24.0 Å². The summed E-state index contributed by atoms with van der Waals surface area (Å²) in [6.07, 6.45) is 7.38. The number of unbranched alkanes of at least 4 members (excludes halogenated alkanes) is 4. The molecule has 1 aliphatic rings. The number of hydrogen-bond donors (Lipinski definition) is 1. The number of rotatable bonds is 10. The first kappa shape index (κ1) is 25.8. The van der Waals surface area contributed by atoms with Crippen LogP contribution in [-0.4, -0.2) is 70.8 Å². The lowest BCUT2D eigenvalue weighted by molar-refractivity contribution is 0.346. The molecule has 0 radical (unpaired) electrons. The Bertz CT molecular complexity index is 637. The minimum atomic E-state index is 0. The fourth-order valence-electron chi connectivity index (χ4n) is 3.68. The van der Waals surface area contributed by atoms with Gasteiger partial charge in [-0.3, -0.25) is 4.99 Å². The van der Waals surface area contributed by atoms with Crippen LogP contribution in [0.3, 0.4) is 0 Å². The van der Waals surface area contributed by atoms with Crippen molar-refractivity contribution in [2.75, 3.05) is 55.0 Å². The minimum Gasteiger partial charge on any atom is -0.493 e. The standard InChI is InChI=1S/C22H38N4O2.HI/c1-23-22(24-12-9-7-6-8-10-13-25(2)3)26-14-11-18-15-20(27-4)21(28-5)16-19(18)17-26;/h15-16H,6-14,17H2,1-5H3,(H,23,24);1H. The van der Waals surface area contributed by atoms with Gasteiger partial charge in [-0.05, 0) is 63.2 Å². The van der Waals surface area contributed by atoms with E-state index < -0.39 is 0 Å². The summed E-state index contributed by atoms with van der Waals surface area (Å²) in [6, 6.07) is 4.21. The van der Waals surface area contributed by atoms with Crippen LogP contribution in [0.15, 0.2) is 17.1 Å². The summed E-state index contributed by atoms with van der Waals surface area (Å²) in [7, 11) is 9.52. The van der Waals surface area contributed by atoms with Crippen LogP contribution in [0.1, 0.15) is 43.2 Å². The van der Waals surface area contributed by atoms with E-state index in [9.17, 15) is 0 Å². The maximum absolute atomic E-state index is 5.47. The molecule has 1 heterocycles. The quantitative estimate of drug-likeness (QED) is 0.221. The molecule has 0 aromatic heterocycles. The molecule has 6 nitrogen and oxygen atoms in total. The second-order valence-electron chi connectivity index (χ2n) is 7.69. The molecule has 0 saturated carbocycles. The van der Waals surface area contributed by atoms with Crippen LogP contribution < -0.4 is 14.8 Å². The third-order valence-electron chi connectivity index (χ3n) is 5.29. The number of nitrogens with zero attached hydrogens (tertiary/aromatic N) is 3. The molecule has 2 rings (SSSR count). The number of benzene rings is 1. The SMILES string of the molecule is CN=C(NCCCCCCCN(C)C)N1CCc2cc(OC)c(OC)cc2C1.I. The average Bonchev–Trinajstić information content (AvgIpc) is 2.71. The van der Waals surface area contributed by atoms with Crippen molar-refractivity contribution in [3.8, 4) is 11.5 Å². The van der Waals surface area contributed by atoms with Gasteiger partial charge in [-0.1, -0.05) is 19.3 Å². The molecular formula is C22H39IN4O2. The van der Waals surface area contributed by atoms with E-state index in [1.165, 1.54) is 49.8 Å². The lowest BCUT2D eigenvalue weighted by Gasteiger charge is -2.32. The summed E-state index contributed by atoms with van der Waals surface area (Å²) in [5.74, 6) is 2.59. The van der Waals surface area contributed by atoms with Crippen LogP contribution in [0.4, 0.5) is 0 Å². The molecule has 0 saturated heterocycles. The number of aliphatic imine (C=N–C) groups is 1. The molecule has 0 fully saturated rings. The fraction of sp³-hybridized carbons (Fsp3) is 0.682. The van der Waals surface area contributed by atoms with Crippen molar-refractivity contribution < 1.29 is 9.47 Å². The highest BCUT2D eigenvalue weighted by molar-refractivity contribution is 14.0. The second kappa shape index (κ2) is 13.9. The molecule has 0 aliphatic carbocycles. The number of halogens is 1. The predicted molar refractivity (Wildman–Crippen MR) is 132 cm³/mol. The van der Waals surface area contributed by atoms with E-state index in [1.54, 1.807) is 14.2 Å². The monoisotopic (exact) mass is 518 g/mol. The Labute approximate surface area is 194 Å². The van der Waals surface area contributed by atoms with Crippen molar-refractivity contribution in [3.63, 3.8) is 0 Å². The van der Waals surface area contributed by atoms with E-state index in [2.05, 4.69) is 46.3 Å². The zero-order valence-corrected chi connectivity index (χ0v) is 21.1. The molecule has 1 aromatic carbocycles. The van der Waals surface area contributed by atoms with E-state index in [0.29, 0.717) is 0 Å². The van der Waals surface area contributed by atoms with E-state index in [0.717, 1.165) is 43.5 Å². The van der Waals surface area contributed by atoms with Crippen molar-refractivity contribution in [1.29, 1.82) is 0 Å². The molecule has 1 aromatic rings. The lowest BCUT2D eigenvalue weighted by Crippen LogP contribution is -2.44. The fourth-order valence-corrected chi connectivity index (χ4v) is 3.68. The van der Waals surface area contributed by atoms with Crippen LogP contribution >= 0.6 is 24.0 Å². The first-order valence-electron chi connectivity index (χ1n) is 10.4. The maximum atomic E-state index is 5.47. The normalized spacial score (nSPS) is 13.7. The Hall–Kier alpha value is -1.22. The third-order valence-corrected chi connectivity index (χ3v) is 5.29. The summed E-state index contributed by atoms with van der Waals surface area (Å²) >= 11 is 0. The Balaban J connectivity index is 0.00000420. The average molecular weight is 518 g/mol. The van der Waals surface area contributed by atoms with Gasteiger partial charge in [-0.15, -0.1) is 24.0 Å². The molecule has 0 bridgehead atoms. The van der Waals surface area contributed by atoms with E-state index in [1.807, 2.05) is 7.05 Å². The van der Waals surface area contributed by atoms with Gasteiger partial charge in [0.1, 0.15) is 0 Å². The van der Waals surface area contributed by atoms with Crippen LogP contribution in [0.25, 0.3) is 0 Å². The summed E-state index contributed by atoms with van der Waals surface area (Å²) in [4.78, 5) is 9.08. The topological polar surface area (TPSA) is 49.3 Å². The molecule has 1 aliphatic heterocycles. The van der Waals surface area contributed by atoms with Gasteiger partial charge in [0, 0.05) is 26.7 Å². The maximum Gasteiger partial charge on any atom is 0.193 e. The smallest absolute Gasteiger partial charge is 0.193 e. The van der Waals surface area contributed by atoms with Crippen molar-refractivity contribution in [2.45, 2.75) is 45.1 Å². The number of fused-ring (bicyclic) bond motifs is 1. The van der Waals surface area contributed by atoms with Crippen LogP contribution in [0, 0.1) is 0 Å². The number of nitrogens with one attached hydrogen (secondary N) is 1. The molecule has 0 unspecified atom stereocenters. The highest BCUT2D eigenvalue weighted by Crippen LogP contribution is 2.33. The minimum absolute atomic E-state index is 0. The van der Waals surface area contributed by atoms with Crippen molar-refractivity contribution >= 4 is 29.9 Å². The van der Waals surface area contributed by atoms with Crippen molar-refractivity contribution in [1.82, 2.24) is 15.1 Å². The first-order chi connectivity index (χ1) is 13.6. The zero-order chi connectivity index (χ0) is 20.4. The number of hydrogen-bond acceptors (Lipinski definition) is 4. The van der Waals surface area contributed by atoms with Gasteiger partial charge >= 0.3 is 0 Å². The van der Waals surface area contributed by atoms with Gasteiger partial charge in [-0.25, -0.2) is 0 Å². The second-order valence-corrected chi connectivity index (χ2v) is 7.69. The van der Waals surface area contributed by atoms with Crippen molar-refractivity contribution in [3.05, 3.63) is 23.3 Å². The molecule has 29 heavy (non-hydrogen) atoms. The summed E-state index contributed by atoms with van der Waals surface area (Å²) < 4.78 is 10.9. The molecule has 7 heteroatoms. The first-order valence-corrected chi connectivity index (χ1v) is 10.4. The van der Waals surface area contributed by atoms with Gasteiger partial charge in [0.05, 0.1) is 14.2 Å². The van der Waals surface area contributed by atoms with Crippen LogP contribution in [-0.2, 0) is 13.0 Å².